The van der Waals surface area contributed by atoms with Gasteiger partial charge < -0.3 is 9.80 Å². The van der Waals surface area contributed by atoms with Crippen LogP contribution in [-0.4, -0.2) is 29.0 Å². The van der Waals surface area contributed by atoms with Gasteiger partial charge in [-0.3, -0.25) is 9.59 Å². The molecule has 30 heavy (non-hydrogen) atoms. The number of nitrogens with zero attached hydrogens (tertiary/aromatic N) is 2. The number of carbonyl (C=O) groups is 2. The van der Waals surface area contributed by atoms with Crippen molar-refractivity contribution in [2.45, 2.75) is 18.3 Å². The molecule has 5 rings (SSSR count). The smallest absolute Gasteiger partial charge is 0.268 e. The summed E-state index contributed by atoms with van der Waals surface area (Å²) >= 11 is 1.57. The van der Waals surface area contributed by atoms with Crippen LogP contribution in [0.25, 0.3) is 0 Å². The van der Waals surface area contributed by atoms with Crippen LogP contribution in [0.3, 0.4) is 0 Å². The Morgan fingerprint density at radius 3 is 2.43 bits per heavy atom. The SMILES string of the molecule is Cc1ccc(C(=O)N2CCS[C@]23C(=O)N(Cc2ccccc2)c2ccccc23)cc1. The first-order valence-corrected chi connectivity index (χ1v) is 11.1. The van der Waals surface area contributed by atoms with Crippen LogP contribution in [0, 0.1) is 6.92 Å². The fraction of sp³-hybridized carbons (Fsp3) is 0.200. The van der Waals surface area contributed by atoms with E-state index in [2.05, 4.69) is 0 Å². The number of fused-ring (bicyclic) bond motifs is 2. The number of rotatable bonds is 3. The van der Waals surface area contributed by atoms with Crippen molar-refractivity contribution in [2.24, 2.45) is 0 Å². The second kappa shape index (κ2) is 7.33. The van der Waals surface area contributed by atoms with E-state index < -0.39 is 4.87 Å². The maximum Gasteiger partial charge on any atom is 0.268 e. The van der Waals surface area contributed by atoms with Crippen LogP contribution in [0.15, 0.2) is 78.9 Å². The standard InChI is InChI=1S/C25H22N2O2S/c1-18-11-13-20(14-12-18)23(28)27-15-16-30-25(27)21-9-5-6-10-22(21)26(24(25)29)17-19-7-3-2-4-8-19/h2-14H,15-17H2,1H3/t25-/m1/s1. The van der Waals surface area contributed by atoms with Gasteiger partial charge in [0.15, 0.2) is 4.87 Å². The first kappa shape index (κ1) is 18.9. The van der Waals surface area contributed by atoms with Gasteiger partial charge >= 0.3 is 0 Å². The van der Waals surface area contributed by atoms with Gasteiger partial charge in [0.1, 0.15) is 0 Å². The zero-order chi connectivity index (χ0) is 20.7. The number of carbonyl (C=O) groups excluding carboxylic acids is 2. The Bertz CT molecular complexity index is 1110. The summed E-state index contributed by atoms with van der Waals surface area (Å²) in [5.41, 5.74) is 4.59. The molecule has 0 radical (unpaired) electrons. The van der Waals surface area contributed by atoms with E-state index in [4.69, 9.17) is 0 Å². The average molecular weight is 415 g/mol. The molecule has 0 N–H and O–H groups in total. The van der Waals surface area contributed by atoms with E-state index in [1.54, 1.807) is 16.7 Å². The molecule has 2 aliphatic rings. The molecule has 1 spiro atoms. The second-order valence-corrected chi connectivity index (χ2v) is 9.00. The second-order valence-electron chi connectivity index (χ2n) is 7.71. The Kier molecular flexibility index (Phi) is 4.63. The Hall–Kier alpha value is -3.05. The maximum absolute atomic E-state index is 13.9. The number of anilines is 1. The van der Waals surface area contributed by atoms with E-state index in [1.165, 1.54) is 0 Å². The van der Waals surface area contributed by atoms with Crippen molar-refractivity contribution in [3.05, 3.63) is 101 Å². The molecule has 2 amide bonds. The van der Waals surface area contributed by atoms with E-state index in [0.29, 0.717) is 18.7 Å². The minimum Gasteiger partial charge on any atom is -0.311 e. The van der Waals surface area contributed by atoms with Crippen molar-refractivity contribution in [3.63, 3.8) is 0 Å². The summed E-state index contributed by atoms with van der Waals surface area (Å²) in [5.74, 6) is 0.608. The third-order valence-corrected chi connectivity index (χ3v) is 7.25. The van der Waals surface area contributed by atoms with Crippen molar-refractivity contribution in [1.29, 1.82) is 0 Å². The van der Waals surface area contributed by atoms with Gasteiger partial charge in [-0.05, 0) is 30.7 Å². The predicted molar refractivity (Wildman–Crippen MR) is 120 cm³/mol. The molecule has 0 aliphatic carbocycles. The summed E-state index contributed by atoms with van der Waals surface area (Å²) in [4.78, 5) is 30.0. The summed E-state index contributed by atoms with van der Waals surface area (Å²) in [5, 5.41) is 0. The molecule has 4 nitrogen and oxygen atoms in total. The fourth-order valence-electron chi connectivity index (χ4n) is 4.34. The highest BCUT2D eigenvalue weighted by Gasteiger charge is 2.59. The van der Waals surface area contributed by atoms with E-state index in [1.807, 2.05) is 90.7 Å². The molecule has 3 aromatic rings. The summed E-state index contributed by atoms with van der Waals surface area (Å²) in [6, 6.07) is 25.4. The van der Waals surface area contributed by atoms with Crippen LogP contribution in [-0.2, 0) is 16.2 Å². The van der Waals surface area contributed by atoms with Crippen LogP contribution < -0.4 is 4.90 Å². The van der Waals surface area contributed by atoms with Crippen molar-refractivity contribution >= 4 is 29.3 Å². The molecule has 1 fully saturated rings. The van der Waals surface area contributed by atoms with Gasteiger partial charge in [0.25, 0.3) is 11.8 Å². The van der Waals surface area contributed by atoms with Gasteiger partial charge in [-0.2, -0.15) is 0 Å². The number of benzene rings is 3. The molecular weight excluding hydrogens is 392 g/mol. The maximum atomic E-state index is 13.9. The highest BCUT2D eigenvalue weighted by molar-refractivity contribution is 8.01. The van der Waals surface area contributed by atoms with Gasteiger partial charge in [0.05, 0.1) is 12.2 Å². The van der Waals surface area contributed by atoms with Gasteiger partial charge in [-0.25, -0.2) is 0 Å². The number of hydrogen-bond acceptors (Lipinski definition) is 3. The molecule has 0 unspecified atom stereocenters. The van der Waals surface area contributed by atoms with Gasteiger partial charge in [0.2, 0.25) is 0 Å². The molecular formula is C25H22N2O2S. The minimum atomic E-state index is -0.993. The van der Waals surface area contributed by atoms with E-state index in [-0.39, 0.29) is 11.8 Å². The third-order valence-electron chi connectivity index (χ3n) is 5.83. The molecule has 1 saturated heterocycles. The first-order chi connectivity index (χ1) is 14.6. The zero-order valence-corrected chi connectivity index (χ0v) is 17.6. The predicted octanol–water partition coefficient (Wildman–Crippen LogP) is 4.58. The zero-order valence-electron chi connectivity index (χ0n) is 16.7. The molecule has 1 atom stereocenters. The molecule has 5 heteroatoms. The number of hydrogen-bond donors (Lipinski definition) is 0. The quantitative estimate of drug-likeness (QED) is 0.630. The van der Waals surface area contributed by atoms with Crippen LogP contribution in [0.1, 0.15) is 27.0 Å². The summed E-state index contributed by atoms with van der Waals surface area (Å²) in [7, 11) is 0. The highest BCUT2D eigenvalue weighted by atomic mass is 32.2. The Balaban J connectivity index is 1.57. The summed E-state index contributed by atoms with van der Waals surface area (Å²) < 4.78 is 0. The van der Waals surface area contributed by atoms with Crippen LogP contribution in [0.4, 0.5) is 5.69 Å². The fourth-order valence-corrected chi connectivity index (χ4v) is 5.80. The summed E-state index contributed by atoms with van der Waals surface area (Å²) in [6.45, 7) is 3.04. The number of thioether (sulfide) groups is 1. The van der Waals surface area contributed by atoms with E-state index >= 15 is 0 Å². The van der Waals surface area contributed by atoms with Crippen molar-refractivity contribution in [1.82, 2.24) is 4.90 Å². The minimum absolute atomic E-state index is 0.0319. The lowest BCUT2D eigenvalue weighted by atomic mass is 10.0. The van der Waals surface area contributed by atoms with Crippen LogP contribution in [0.2, 0.25) is 0 Å². The number of para-hydroxylation sites is 1. The Labute approximate surface area is 180 Å². The van der Waals surface area contributed by atoms with Crippen molar-refractivity contribution in [2.75, 3.05) is 17.2 Å². The third kappa shape index (κ3) is 2.84. The van der Waals surface area contributed by atoms with Crippen molar-refractivity contribution < 1.29 is 9.59 Å². The van der Waals surface area contributed by atoms with E-state index in [0.717, 1.165) is 28.1 Å². The van der Waals surface area contributed by atoms with Crippen molar-refractivity contribution in [3.8, 4) is 0 Å². The first-order valence-electron chi connectivity index (χ1n) is 10.1. The lowest BCUT2D eigenvalue weighted by Crippen LogP contribution is -2.50. The highest BCUT2D eigenvalue weighted by Crippen LogP contribution is 2.54. The van der Waals surface area contributed by atoms with Gasteiger partial charge in [0, 0.05) is 23.4 Å². The average Bonchev–Trinajstić information content (AvgIpc) is 3.32. The lowest BCUT2D eigenvalue weighted by Gasteiger charge is -2.33. The Morgan fingerprint density at radius 2 is 1.67 bits per heavy atom. The van der Waals surface area contributed by atoms with Gasteiger partial charge in [-0.1, -0.05) is 66.2 Å². The summed E-state index contributed by atoms with van der Waals surface area (Å²) in [6.07, 6.45) is 0. The van der Waals surface area contributed by atoms with Crippen LogP contribution in [0.5, 0.6) is 0 Å². The molecule has 2 heterocycles. The van der Waals surface area contributed by atoms with Gasteiger partial charge in [-0.15, -0.1) is 11.8 Å². The molecule has 150 valence electrons. The molecule has 0 saturated carbocycles. The topological polar surface area (TPSA) is 40.6 Å². The number of aryl methyl sites for hydroxylation is 1. The van der Waals surface area contributed by atoms with E-state index in [9.17, 15) is 9.59 Å². The molecule has 3 aromatic carbocycles. The normalized spacial score (nSPS) is 20.1. The monoisotopic (exact) mass is 414 g/mol. The van der Waals surface area contributed by atoms with Crippen LogP contribution >= 0.6 is 11.8 Å². The largest absolute Gasteiger partial charge is 0.311 e. The molecule has 2 aliphatic heterocycles. The number of amides is 2. The molecule has 0 bridgehead atoms. The lowest BCUT2D eigenvalue weighted by molar-refractivity contribution is -0.123. The molecule has 0 aromatic heterocycles. The Morgan fingerprint density at radius 1 is 0.967 bits per heavy atom.